The van der Waals surface area contributed by atoms with E-state index in [-0.39, 0.29) is 17.9 Å². The maximum Gasteiger partial charge on any atom is 0.236 e. The van der Waals surface area contributed by atoms with Crippen LogP contribution in [0, 0.1) is 6.92 Å². The molecule has 2 atom stereocenters. The van der Waals surface area contributed by atoms with Crippen LogP contribution in [0.4, 0.5) is 11.8 Å². The highest BCUT2D eigenvalue weighted by atomic mass is 35.5. The van der Waals surface area contributed by atoms with Crippen molar-refractivity contribution in [3.8, 4) is 11.3 Å². The molecule has 1 fully saturated rings. The molecule has 0 spiro atoms. The average molecular weight is 492 g/mol. The van der Waals surface area contributed by atoms with Gasteiger partial charge in [-0.25, -0.2) is 4.98 Å². The lowest BCUT2D eigenvalue weighted by molar-refractivity contribution is -0.122. The number of nitrogens with zero attached hydrogens (tertiary/aromatic N) is 5. The Morgan fingerprint density at radius 2 is 2.00 bits per heavy atom. The topological polar surface area (TPSA) is 113 Å². The molecule has 4 heterocycles. The molecule has 2 amide bonds. The molecule has 35 heavy (non-hydrogen) atoms. The monoisotopic (exact) mass is 491 g/mol. The Morgan fingerprint density at radius 3 is 2.74 bits per heavy atom. The van der Waals surface area contributed by atoms with Gasteiger partial charge in [-0.3, -0.25) is 24.5 Å². The minimum absolute atomic E-state index is 0.0114. The van der Waals surface area contributed by atoms with Crippen LogP contribution >= 0.6 is 11.6 Å². The molecule has 0 aliphatic carbocycles. The highest BCUT2D eigenvalue weighted by molar-refractivity contribution is 6.32. The lowest BCUT2D eigenvalue weighted by Crippen LogP contribution is -2.42. The van der Waals surface area contributed by atoms with Crippen molar-refractivity contribution < 1.29 is 9.59 Å². The van der Waals surface area contributed by atoms with Crippen LogP contribution in [-0.4, -0.2) is 50.9 Å². The van der Waals surface area contributed by atoms with E-state index in [1.54, 1.807) is 23.5 Å². The number of aromatic nitrogens is 4. The molecule has 0 radical (unpaired) electrons. The number of anilines is 2. The van der Waals surface area contributed by atoms with Gasteiger partial charge in [0.15, 0.2) is 0 Å². The van der Waals surface area contributed by atoms with Crippen molar-refractivity contribution in [2.24, 2.45) is 0 Å². The number of hydrogen-bond donors (Lipinski definition) is 2. The summed E-state index contributed by atoms with van der Waals surface area (Å²) in [5.41, 5.74) is 4.08. The van der Waals surface area contributed by atoms with E-state index >= 15 is 0 Å². The first-order valence-corrected chi connectivity index (χ1v) is 12.1. The van der Waals surface area contributed by atoms with Crippen LogP contribution in [0.3, 0.4) is 0 Å². The molecule has 5 rings (SSSR count). The first-order chi connectivity index (χ1) is 16.9. The first kappa shape index (κ1) is 23.2. The van der Waals surface area contributed by atoms with E-state index in [1.165, 1.54) is 0 Å². The fourth-order valence-corrected chi connectivity index (χ4v) is 5.04. The molecule has 2 unspecified atom stereocenters. The molecule has 2 aromatic heterocycles. The number of carbonyl (C=O) groups is 2. The molecule has 2 aliphatic heterocycles. The number of fused-ring (bicyclic) bond motifs is 1. The zero-order valence-corrected chi connectivity index (χ0v) is 20.3. The van der Waals surface area contributed by atoms with E-state index in [9.17, 15) is 9.59 Å². The number of halogens is 1. The van der Waals surface area contributed by atoms with Gasteiger partial charge in [-0.1, -0.05) is 23.7 Å². The standard InChI is InChI=1S/C25H26ClN7O2/c1-3-33-23-16(13-30-25(32-23)31-17-6-7-28-21(34)12-17)10-19(24(33)35)18-5-4-15(11-20(18)26)22-14(2)27-8-9-29-22/h4-5,8-9,11,13,17,19H,3,6-7,10,12H2,1-2H3,(H,28,34)(H,30,31,32). The molecule has 10 heteroatoms. The molecule has 2 aliphatic rings. The predicted molar refractivity (Wildman–Crippen MR) is 133 cm³/mol. The quantitative estimate of drug-likeness (QED) is 0.563. The third kappa shape index (κ3) is 4.55. The summed E-state index contributed by atoms with van der Waals surface area (Å²) in [6, 6.07) is 5.65. The molecule has 2 N–H and O–H groups in total. The highest BCUT2D eigenvalue weighted by Crippen LogP contribution is 2.38. The molecule has 180 valence electrons. The summed E-state index contributed by atoms with van der Waals surface area (Å²) in [5, 5.41) is 6.58. The summed E-state index contributed by atoms with van der Waals surface area (Å²) in [5.74, 6) is 0.560. The summed E-state index contributed by atoms with van der Waals surface area (Å²) in [4.78, 5) is 44.8. The zero-order valence-electron chi connectivity index (χ0n) is 19.6. The number of piperidine rings is 1. The fraction of sp³-hybridized carbons (Fsp3) is 0.360. The molecule has 1 saturated heterocycles. The summed E-state index contributed by atoms with van der Waals surface area (Å²) in [7, 11) is 0. The van der Waals surface area contributed by atoms with Crippen LogP contribution in [0.15, 0.2) is 36.8 Å². The summed E-state index contributed by atoms with van der Waals surface area (Å²) < 4.78 is 0. The Hall–Kier alpha value is -3.59. The van der Waals surface area contributed by atoms with Gasteiger partial charge in [0.25, 0.3) is 0 Å². The largest absolute Gasteiger partial charge is 0.356 e. The van der Waals surface area contributed by atoms with Crippen molar-refractivity contribution in [3.63, 3.8) is 0 Å². The highest BCUT2D eigenvalue weighted by Gasteiger charge is 2.36. The number of hydrogen-bond acceptors (Lipinski definition) is 7. The number of amides is 2. The molecule has 1 aromatic carbocycles. The maximum atomic E-state index is 13.5. The molecule has 0 saturated carbocycles. The van der Waals surface area contributed by atoms with E-state index in [2.05, 4.69) is 30.6 Å². The number of carbonyl (C=O) groups excluding carboxylic acids is 2. The SMILES string of the molecule is CCN1C(=O)C(c2ccc(-c3nccnc3C)cc2Cl)Cc2cnc(NC3CCNC(=O)C3)nc21. The normalized spacial score (nSPS) is 19.8. The minimum atomic E-state index is -0.434. The molecule has 9 nitrogen and oxygen atoms in total. The fourth-order valence-electron chi connectivity index (χ4n) is 4.73. The smallest absolute Gasteiger partial charge is 0.236 e. The van der Waals surface area contributed by atoms with Gasteiger partial charge in [-0.2, -0.15) is 4.98 Å². The second-order valence-electron chi connectivity index (χ2n) is 8.79. The predicted octanol–water partition coefficient (Wildman–Crippen LogP) is 3.28. The van der Waals surface area contributed by atoms with Crippen LogP contribution in [0.1, 0.15) is 42.5 Å². The van der Waals surface area contributed by atoms with Gasteiger partial charge in [-0.05, 0) is 38.3 Å². The summed E-state index contributed by atoms with van der Waals surface area (Å²) in [6.45, 7) is 4.92. The number of likely N-dealkylation sites (N-methyl/N-ethyl adjacent to an activating group) is 1. The van der Waals surface area contributed by atoms with Crippen molar-refractivity contribution in [1.29, 1.82) is 0 Å². The Balaban J connectivity index is 1.42. The number of nitrogens with one attached hydrogen (secondary N) is 2. The van der Waals surface area contributed by atoms with Crippen LogP contribution in [-0.2, 0) is 16.0 Å². The van der Waals surface area contributed by atoms with Gasteiger partial charge in [-0.15, -0.1) is 0 Å². The van der Waals surface area contributed by atoms with Crippen LogP contribution in [0.25, 0.3) is 11.3 Å². The number of rotatable bonds is 5. The average Bonchev–Trinajstić information content (AvgIpc) is 2.84. The van der Waals surface area contributed by atoms with E-state index in [0.29, 0.717) is 42.7 Å². The third-order valence-electron chi connectivity index (χ3n) is 6.51. The third-order valence-corrected chi connectivity index (χ3v) is 6.84. The van der Waals surface area contributed by atoms with Gasteiger partial charge < -0.3 is 10.6 Å². The van der Waals surface area contributed by atoms with Crippen LogP contribution in [0.2, 0.25) is 5.02 Å². The van der Waals surface area contributed by atoms with E-state index in [4.69, 9.17) is 11.6 Å². The molecule has 3 aromatic rings. The Kier molecular flexibility index (Phi) is 6.34. The molecule has 0 bridgehead atoms. The number of aryl methyl sites for hydroxylation is 1. The molecular formula is C25H26ClN7O2. The lowest BCUT2D eigenvalue weighted by Gasteiger charge is -2.33. The Bertz CT molecular complexity index is 1300. The van der Waals surface area contributed by atoms with Gasteiger partial charge in [0.2, 0.25) is 17.8 Å². The number of benzene rings is 1. The van der Waals surface area contributed by atoms with E-state index in [1.807, 2.05) is 32.0 Å². The van der Waals surface area contributed by atoms with Crippen molar-refractivity contribution in [1.82, 2.24) is 25.3 Å². The summed E-state index contributed by atoms with van der Waals surface area (Å²) in [6.07, 6.45) is 6.70. The van der Waals surface area contributed by atoms with Gasteiger partial charge >= 0.3 is 0 Å². The molecular weight excluding hydrogens is 466 g/mol. The van der Waals surface area contributed by atoms with E-state index < -0.39 is 5.92 Å². The van der Waals surface area contributed by atoms with Gasteiger partial charge in [0.05, 0.1) is 17.3 Å². The minimum Gasteiger partial charge on any atom is -0.356 e. The summed E-state index contributed by atoms with van der Waals surface area (Å²) >= 11 is 6.70. The lowest BCUT2D eigenvalue weighted by atomic mass is 9.87. The second kappa shape index (κ2) is 9.58. The Morgan fingerprint density at radius 1 is 1.17 bits per heavy atom. The zero-order chi connectivity index (χ0) is 24.5. The van der Waals surface area contributed by atoms with Gasteiger partial charge in [0.1, 0.15) is 5.82 Å². The van der Waals surface area contributed by atoms with Crippen molar-refractivity contribution in [2.45, 2.75) is 45.1 Å². The van der Waals surface area contributed by atoms with Crippen LogP contribution in [0.5, 0.6) is 0 Å². The van der Waals surface area contributed by atoms with Crippen LogP contribution < -0.4 is 15.5 Å². The Labute approximate surface area is 208 Å². The first-order valence-electron chi connectivity index (χ1n) is 11.7. The van der Waals surface area contributed by atoms with Crippen molar-refractivity contribution in [3.05, 3.63) is 58.6 Å². The second-order valence-corrected chi connectivity index (χ2v) is 9.20. The van der Waals surface area contributed by atoms with E-state index in [0.717, 1.165) is 34.5 Å². The maximum absolute atomic E-state index is 13.5. The van der Waals surface area contributed by atoms with Gasteiger partial charge in [0, 0.05) is 60.3 Å². The van der Waals surface area contributed by atoms with Crippen molar-refractivity contribution >= 4 is 35.2 Å². The van der Waals surface area contributed by atoms with Crippen molar-refractivity contribution in [2.75, 3.05) is 23.3 Å².